The van der Waals surface area contributed by atoms with Crippen LogP contribution in [0.1, 0.15) is 11.1 Å². The molecular weight excluding hydrogens is 358 g/mol. The Bertz CT molecular complexity index is 656. The average Bonchev–Trinajstić information content (AvgIpc) is 2.41. The van der Waals surface area contributed by atoms with E-state index in [0.29, 0.717) is 5.02 Å². The van der Waals surface area contributed by atoms with Crippen LogP contribution in [-0.2, 0) is 0 Å². The molecule has 0 aliphatic heterocycles. The van der Waals surface area contributed by atoms with Crippen LogP contribution in [0.25, 0.3) is 0 Å². The third kappa shape index (κ3) is 4.03. The molecule has 0 bridgehead atoms. The molecule has 0 unspecified atom stereocenters. The molecule has 0 aliphatic carbocycles. The summed E-state index contributed by atoms with van der Waals surface area (Å²) >= 11 is 14.1. The van der Waals surface area contributed by atoms with Gasteiger partial charge in [-0.3, -0.25) is 5.43 Å². The lowest BCUT2D eigenvalue weighted by Crippen LogP contribution is -2.26. The van der Waals surface area contributed by atoms with Crippen LogP contribution in [0.2, 0.25) is 5.02 Å². The summed E-state index contributed by atoms with van der Waals surface area (Å²) in [5.41, 5.74) is 10.6. The highest BCUT2D eigenvalue weighted by Crippen LogP contribution is 2.18. The summed E-state index contributed by atoms with van der Waals surface area (Å²) in [5, 5.41) is 5.06. The van der Waals surface area contributed by atoms with Gasteiger partial charge in [0.2, 0.25) is 0 Å². The smallest absolute Gasteiger partial charge is 0.184 e. The summed E-state index contributed by atoms with van der Waals surface area (Å²) < 4.78 is 0.965. The summed E-state index contributed by atoms with van der Waals surface area (Å²) in [7, 11) is 0. The normalized spacial score (nSPS) is 11.2. The topological polar surface area (TPSA) is 50.4 Å². The van der Waals surface area contributed by atoms with Crippen molar-refractivity contribution in [1.82, 2.24) is 5.43 Å². The summed E-state index contributed by atoms with van der Waals surface area (Å²) in [5.74, 6) is 0. The number of nitrogens with two attached hydrogens (primary N) is 1. The van der Waals surface area contributed by atoms with Gasteiger partial charge in [0.1, 0.15) is 0 Å². The Morgan fingerprint density at radius 3 is 2.45 bits per heavy atom. The standard InChI is InChI=1S/C14H11BrClN3S/c15-11-3-1-2-10(8-11)13(18-19-14(17)20)9-4-6-12(16)7-5-9/h1-8H,(H3,17,19,20)/b18-13+. The van der Waals surface area contributed by atoms with Crippen molar-refractivity contribution in [3.8, 4) is 0 Å². The lowest BCUT2D eigenvalue weighted by atomic mass is 10.0. The zero-order valence-corrected chi connectivity index (χ0v) is 13.5. The van der Waals surface area contributed by atoms with Crippen molar-refractivity contribution in [2.75, 3.05) is 0 Å². The predicted molar refractivity (Wildman–Crippen MR) is 91.2 cm³/mol. The molecule has 0 spiro atoms. The summed E-state index contributed by atoms with van der Waals surface area (Å²) in [6.45, 7) is 0. The minimum absolute atomic E-state index is 0.117. The highest BCUT2D eigenvalue weighted by atomic mass is 79.9. The van der Waals surface area contributed by atoms with Gasteiger partial charge in [-0.05, 0) is 36.5 Å². The highest BCUT2D eigenvalue weighted by Gasteiger charge is 2.08. The van der Waals surface area contributed by atoms with E-state index in [2.05, 4.69) is 26.5 Å². The second-order valence-corrected chi connectivity index (χ2v) is 5.75. The lowest BCUT2D eigenvalue weighted by molar-refractivity contribution is 1.03. The van der Waals surface area contributed by atoms with Gasteiger partial charge in [0, 0.05) is 20.6 Å². The Morgan fingerprint density at radius 2 is 1.85 bits per heavy atom. The first kappa shape index (κ1) is 15.0. The molecule has 3 nitrogen and oxygen atoms in total. The maximum absolute atomic E-state index is 5.91. The third-order valence-electron chi connectivity index (χ3n) is 2.49. The van der Waals surface area contributed by atoms with Crippen molar-refractivity contribution >= 4 is 50.6 Å². The fourth-order valence-electron chi connectivity index (χ4n) is 1.65. The Labute approximate surface area is 136 Å². The van der Waals surface area contributed by atoms with Gasteiger partial charge in [-0.15, -0.1) is 0 Å². The summed E-state index contributed by atoms with van der Waals surface area (Å²) in [6.07, 6.45) is 0. The van der Waals surface area contributed by atoms with Crippen LogP contribution >= 0.6 is 39.7 Å². The number of rotatable bonds is 3. The Hall–Kier alpha value is -1.43. The second-order valence-electron chi connectivity index (χ2n) is 3.95. The van der Waals surface area contributed by atoms with Crippen LogP contribution in [0.3, 0.4) is 0 Å². The molecule has 0 fully saturated rings. The van der Waals surface area contributed by atoms with Gasteiger partial charge in [0.25, 0.3) is 0 Å². The van der Waals surface area contributed by atoms with E-state index in [9.17, 15) is 0 Å². The van der Waals surface area contributed by atoms with E-state index >= 15 is 0 Å². The molecular formula is C14H11BrClN3S. The Kier molecular flexibility index (Phi) is 5.11. The van der Waals surface area contributed by atoms with Crippen LogP contribution in [0.4, 0.5) is 0 Å². The first-order valence-electron chi connectivity index (χ1n) is 5.71. The van der Waals surface area contributed by atoms with Crippen LogP contribution in [0.15, 0.2) is 58.1 Å². The molecule has 102 valence electrons. The SMILES string of the molecule is NC(=S)N/N=C(\c1ccc(Cl)cc1)c1cccc(Br)c1. The molecule has 20 heavy (non-hydrogen) atoms. The third-order valence-corrected chi connectivity index (χ3v) is 3.33. The van der Waals surface area contributed by atoms with E-state index in [1.54, 1.807) is 0 Å². The van der Waals surface area contributed by atoms with Gasteiger partial charge in [-0.2, -0.15) is 5.10 Å². The van der Waals surface area contributed by atoms with Gasteiger partial charge in [0.15, 0.2) is 5.11 Å². The minimum Gasteiger partial charge on any atom is -0.375 e. The average molecular weight is 369 g/mol. The van der Waals surface area contributed by atoms with Crippen LogP contribution in [-0.4, -0.2) is 10.8 Å². The number of hydrogen-bond donors (Lipinski definition) is 2. The largest absolute Gasteiger partial charge is 0.375 e. The maximum Gasteiger partial charge on any atom is 0.184 e. The molecule has 2 rings (SSSR count). The fourth-order valence-corrected chi connectivity index (χ4v) is 2.22. The monoisotopic (exact) mass is 367 g/mol. The summed E-state index contributed by atoms with van der Waals surface area (Å²) in [6, 6.07) is 15.2. The molecule has 0 amide bonds. The molecule has 0 aromatic heterocycles. The molecule has 0 saturated carbocycles. The number of nitrogens with one attached hydrogen (secondary N) is 1. The van der Waals surface area contributed by atoms with Crippen molar-refractivity contribution in [2.45, 2.75) is 0 Å². The van der Waals surface area contributed by atoms with Crippen molar-refractivity contribution < 1.29 is 0 Å². The van der Waals surface area contributed by atoms with E-state index in [0.717, 1.165) is 21.3 Å². The quantitative estimate of drug-likeness (QED) is 0.493. The number of hydrazone groups is 1. The molecule has 2 aromatic rings. The lowest BCUT2D eigenvalue weighted by Gasteiger charge is -2.08. The van der Waals surface area contributed by atoms with E-state index in [1.165, 1.54) is 0 Å². The molecule has 2 aromatic carbocycles. The molecule has 0 atom stereocenters. The van der Waals surface area contributed by atoms with Gasteiger partial charge >= 0.3 is 0 Å². The Morgan fingerprint density at radius 1 is 1.15 bits per heavy atom. The molecule has 0 heterocycles. The van der Waals surface area contributed by atoms with Crippen molar-refractivity contribution in [2.24, 2.45) is 10.8 Å². The van der Waals surface area contributed by atoms with E-state index in [1.807, 2.05) is 48.5 Å². The first-order chi connectivity index (χ1) is 9.56. The first-order valence-corrected chi connectivity index (χ1v) is 7.29. The Balaban J connectivity index is 2.47. The zero-order valence-electron chi connectivity index (χ0n) is 10.3. The molecule has 6 heteroatoms. The summed E-state index contributed by atoms with van der Waals surface area (Å²) in [4.78, 5) is 0. The maximum atomic E-state index is 5.91. The minimum atomic E-state index is 0.117. The van der Waals surface area contributed by atoms with E-state index in [4.69, 9.17) is 29.6 Å². The number of thiocarbonyl (C=S) groups is 1. The van der Waals surface area contributed by atoms with Gasteiger partial charge in [0.05, 0.1) is 5.71 Å². The van der Waals surface area contributed by atoms with Crippen molar-refractivity contribution in [1.29, 1.82) is 0 Å². The highest BCUT2D eigenvalue weighted by molar-refractivity contribution is 9.10. The molecule has 0 radical (unpaired) electrons. The van der Waals surface area contributed by atoms with Crippen LogP contribution < -0.4 is 11.2 Å². The zero-order chi connectivity index (χ0) is 14.5. The number of nitrogens with zero attached hydrogens (tertiary/aromatic N) is 1. The fraction of sp³-hybridized carbons (Fsp3) is 0. The van der Waals surface area contributed by atoms with Gasteiger partial charge < -0.3 is 5.73 Å². The van der Waals surface area contributed by atoms with Crippen molar-refractivity contribution in [3.05, 3.63) is 69.2 Å². The number of hydrogen-bond acceptors (Lipinski definition) is 2. The van der Waals surface area contributed by atoms with E-state index < -0.39 is 0 Å². The predicted octanol–water partition coefficient (Wildman–Crippen LogP) is 3.69. The van der Waals surface area contributed by atoms with Gasteiger partial charge in [-0.25, -0.2) is 0 Å². The number of benzene rings is 2. The number of halogens is 2. The van der Waals surface area contributed by atoms with Crippen LogP contribution in [0, 0.1) is 0 Å². The molecule has 0 saturated heterocycles. The molecule has 0 aliphatic rings. The van der Waals surface area contributed by atoms with Crippen molar-refractivity contribution in [3.63, 3.8) is 0 Å². The van der Waals surface area contributed by atoms with Gasteiger partial charge in [-0.1, -0.05) is 51.8 Å². The molecule has 3 N–H and O–H groups in total. The van der Waals surface area contributed by atoms with E-state index in [-0.39, 0.29) is 5.11 Å². The van der Waals surface area contributed by atoms with Crippen LogP contribution in [0.5, 0.6) is 0 Å². The second kappa shape index (κ2) is 6.83.